The Balaban J connectivity index is 1.43. The van der Waals surface area contributed by atoms with Gasteiger partial charge in [0.15, 0.2) is 5.82 Å². The van der Waals surface area contributed by atoms with E-state index in [1.807, 2.05) is 61.5 Å². The number of nitrogens with zero attached hydrogens (tertiary/aromatic N) is 3. The van der Waals surface area contributed by atoms with Crippen molar-refractivity contribution in [1.82, 2.24) is 24.8 Å². The first-order valence-corrected chi connectivity index (χ1v) is 15.1. The van der Waals surface area contributed by atoms with E-state index >= 15 is 0 Å². The lowest BCUT2D eigenvalue weighted by Crippen LogP contribution is -2.37. The predicted octanol–water partition coefficient (Wildman–Crippen LogP) is 5.48. The van der Waals surface area contributed by atoms with Gasteiger partial charge in [-0.1, -0.05) is 60.6 Å². The molecule has 0 saturated carbocycles. The van der Waals surface area contributed by atoms with E-state index in [0.717, 1.165) is 26.1 Å². The summed E-state index contributed by atoms with van der Waals surface area (Å²) < 4.78 is 21.0. The largest absolute Gasteiger partial charge is 0.439 e. The monoisotopic (exact) mass is 625 g/mol. The van der Waals surface area contributed by atoms with Crippen molar-refractivity contribution in [3.05, 3.63) is 132 Å². The van der Waals surface area contributed by atoms with Gasteiger partial charge in [-0.2, -0.15) is 0 Å². The van der Waals surface area contributed by atoms with Crippen LogP contribution in [-0.4, -0.2) is 25.9 Å². The first kappa shape index (κ1) is 29.7. The number of thiophene rings is 1. The van der Waals surface area contributed by atoms with Crippen LogP contribution >= 0.6 is 11.3 Å². The molecule has 0 aliphatic carbocycles. The van der Waals surface area contributed by atoms with Gasteiger partial charge in [0.1, 0.15) is 10.6 Å². The SMILES string of the molecule is CCONC(=Cn1c(=O)c2cc(CC)sc2n(Cc2ccc(-c3ccccc3-c3noc(=O)[nH]3)cc2)c1=O)c1ccc(F)cc1. The second-order valence-electron chi connectivity index (χ2n) is 10.1. The number of halogens is 1. The minimum Gasteiger partial charge on any atom is -0.296 e. The van der Waals surface area contributed by atoms with E-state index in [9.17, 15) is 18.8 Å². The maximum atomic E-state index is 14.0. The summed E-state index contributed by atoms with van der Waals surface area (Å²) in [4.78, 5) is 48.8. The fourth-order valence-electron chi connectivity index (χ4n) is 4.97. The number of fused-ring (bicyclic) bond motifs is 1. The molecular weight excluding hydrogens is 597 g/mol. The van der Waals surface area contributed by atoms with Crippen molar-refractivity contribution in [2.75, 3.05) is 6.61 Å². The van der Waals surface area contributed by atoms with Crippen molar-refractivity contribution in [3.8, 4) is 22.5 Å². The Morgan fingerprint density at radius 3 is 2.42 bits per heavy atom. The first-order chi connectivity index (χ1) is 21.9. The van der Waals surface area contributed by atoms with Crippen molar-refractivity contribution in [2.24, 2.45) is 0 Å². The Labute approximate surface area is 259 Å². The number of benzene rings is 3. The predicted molar refractivity (Wildman–Crippen MR) is 172 cm³/mol. The van der Waals surface area contributed by atoms with Crippen LogP contribution in [0.5, 0.6) is 0 Å². The molecule has 0 aliphatic heterocycles. The molecular formula is C33H28FN5O5S. The minimum atomic E-state index is -0.638. The summed E-state index contributed by atoms with van der Waals surface area (Å²) in [5, 5.41) is 4.25. The molecule has 228 valence electrons. The van der Waals surface area contributed by atoms with E-state index in [4.69, 9.17) is 9.36 Å². The van der Waals surface area contributed by atoms with Crippen LogP contribution in [0.1, 0.15) is 29.9 Å². The number of hydrogen-bond acceptors (Lipinski definition) is 8. The van der Waals surface area contributed by atoms with Crippen molar-refractivity contribution in [3.63, 3.8) is 0 Å². The third-order valence-electron chi connectivity index (χ3n) is 7.21. The van der Waals surface area contributed by atoms with Crippen LogP contribution in [0.3, 0.4) is 0 Å². The summed E-state index contributed by atoms with van der Waals surface area (Å²) in [7, 11) is 0. The summed E-state index contributed by atoms with van der Waals surface area (Å²) >= 11 is 1.41. The van der Waals surface area contributed by atoms with E-state index in [1.165, 1.54) is 41.8 Å². The van der Waals surface area contributed by atoms with Gasteiger partial charge in [-0.15, -0.1) is 11.3 Å². The quantitative estimate of drug-likeness (QED) is 0.193. The Hall–Kier alpha value is -5.33. The summed E-state index contributed by atoms with van der Waals surface area (Å²) in [5.41, 5.74) is 5.91. The van der Waals surface area contributed by atoms with Gasteiger partial charge >= 0.3 is 11.4 Å². The van der Waals surface area contributed by atoms with Crippen molar-refractivity contribution < 1.29 is 13.8 Å². The molecule has 0 spiro atoms. The van der Waals surface area contributed by atoms with Crippen LogP contribution in [0.2, 0.25) is 0 Å². The number of H-pyrrole nitrogens is 1. The smallest absolute Gasteiger partial charge is 0.296 e. The van der Waals surface area contributed by atoms with Crippen molar-refractivity contribution in [2.45, 2.75) is 26.8 Å². The van der Waals surface area contributed by atoms with Gasteiger partial charge < -0.3 is 0 Å². The molecule has 3 aromatic heterocycles. The molecule has 12 heteroatoms. The highest BCUT2D eigenvalue weighted by molar-refractivity contribution is 7.18. The zero-order chi connectivity index (χ0) is 31.5. The second kappa shape index (κ2) is 12.7. The van der Waals surface area contributed by atoms with Gasteiger partial charge in [-0.05, 0) is 60.4 Å². The number of rotatable bonds is 10. The fraction of sp³-hybridized carbons (Fsp3) is 0.152. The molecule has 0 amide bonds. The lowest BCUT2D eigenvalue weighted by atomic mass is 9.98. The average Bonchev–Trinajstić information content (AvgIpc) is 3.70. The highest BCUT2D eigenvalue weighted by atomic mass is 32.1. The molecule has 6 aromatic rings. The molecule has 0 fully saturated rings. The van der Waals surface area contributed by atoms with Crippen LogP contribution < -0.4 is 22.5 Å². The summed E-state index contributed by atoms with van der Waals surface area (Å²) in [5.74, 6) is -0.725. The van der Waals surface area contributed by atoms with Gasteiger partial charge in [0.05, 0.1) is 24.2 Å². The van der Waals surface area contributed by atoms with Crippen LogP contribution in [0.25, 0.3) is 44.6 Å². The van der Waals surface area contributed by atoms with E-state index in [1.54, 1.807) is 11.5 Å². The Kier molecular flexibility index (Phi) is 8.41. The molecule has 2 N–H and O–H groups in total. The minimum absolute atomic E-state index is 0.205. The van der Waals surface area contributed by atoms with Gasteiger partial charge in [0, 0.05) is 22.2 Å². The number of aromatic amines is 1. The third-order valence-corrected chi connectivity index (χ3v) is 8.51. The van der Waals surface area contributed by atoms with Crippen LogP contribution in [0, 0.1) is 5.82 Å². The number of aromatic nitrogens is 4. The lowest BCUT2D eigenvalue weighted by Gasteiger charge is -2.14. The van der Waals surface area contributed by atoms with E-state index < -0.39 is 22.8 Å². The number of nitrogens with one attached hydrogen (secondary N) is 2. The Morgan fingerprint density at radius 1 is 1.02 bits per heavy atom. The maximum absolute atomic E-state index is 14.0. The Morgan fingerprint density at radius 2 is 1.76 bits per heavy atom. The van der Waals surface area contributed by atoms with Crippen molar-refractivity contribution in [1.29, 1.82) is 0 Å². The Bertz CT molecular complexity index is 2190. The summed E-state index contributed by atoms with van der Waals surface area (Å²) in [6, 6.07) is 22.7. The third kappa shape index (κ3) is 6.06. The van der Waals surface area contributed by atoms with Crippen LogP contribution in [0.15, 0.2) is 97.8 Å². The van der Waals surface area contributed by atoms with Gasteiger partial charge in [0.2, 0.25) is 0 Å². The van der Waals surface area contributed by atoms with Crippen LogP contribution in [-0.2, 0) is 17.8 Å². The van der Waals surface area contributed by atoms with E-state index in [0.29, 0.717) is 45.9 Å². The molecule has 45 heavy (non-hydrogen) atoms. The second-order valence-corrected chi connectivity index (χ2v) is 11.2. The summed E-state index contributed by atoms with van der Waals surface area (Å²) in [6.45, 7) is 4.31. The fourth-order valence-corrected chi connectivity index (χ4v) is 6.05. The molecule has 0 atom stereocenters. The highest BCUT2D eigenvalue weighted by Gasteiger charge is 2.17. The molecule has 0 aliphatic rings. The standard InChI is InChI=1S/C33H28FN5O5S/c1-3-24-17-27-30(40)38(19-28(36-43-4-2)22-13-15-23(34)16-14-22)33(42)39(31(27)45-24)18-20-9-11-21(12-10-20)25-7-5-6-8-26(25)29-35-32(41)44-37-29/h5-17,19,36H,3-4,18H2,1-2H3,(H,35,37,41). The normalized spacial score (nSPS) is 11.8. The van der Waals surface area contributed by atoms with Crippen molar-refractivity contribution >= 4 is 33.5 Å². The molecule has 0 saturated heterocycles. The van der Waals surface area contributed by atoms with Gasteiger partial charge in [-0.3, -0.25) is 29.2 Å². The number of hydrogen-bond donors (Lipinski definition) is 2. The molecule has 0 unspecified atom stereocenters. The van der Waals surface area contributed by atoms with Crippen LogP contribution in [0.4, 0.5) is 4.39 Å². The zero-order valence-electron chi connectivity index (χ0n) is 24.4. The molecule has 3 heterocycles. The van der Waals surface area contributed by atoms with Gasteiger partial charge in [-0.25, -0.2) is 18.5 Å². The average molecular weight is 626 g/mol. The lowest BCUT2D eigenvalue weighted by molar-refractivity contribution is 0.0902. The number of hydroxylamine groups is 1. The van der Waals surface area contributed by atoms with Gasteiger partial charge in [0.25, 0.3) is 5.56 Å². The summed E-state index contributed by atoms with van der Waals surface area (Å²) in [6.07, 6.45) is 2.10. The van der Waals surface area contributed by atoms with E-state index in [2.05, 4.69) is 15.6 Å². The maximum Gasteiger partial charge on any atom is 0.439 e. The molecule has 6 rings (SSSR count). The molecule has 3 aromatic carbocycles. The molecule has 0 bridgehead atoms. The molecule has 10 nitrogen and oxygen atoms in total. The highest BCUT2D eigenvalue weighted by Crippen LogP contribution is 2.30. The molecule has 0 radical (unpaired) electrons. The number of aryl methyl sites for hydroxylation is 1. The zero-order valence-corrected chi connectivity index (χ0v) is 25.2. The first-order valence-electron chi connectivity index (χ1n) is 14.2. The van der Waals surface area contributed by atoms with E-state index in [-0.39, 0.29) is 6.54 Å². The topological polar surface area (TPSA) is 124 Å².